The lowest BCUT2D eigenvalue weighted by atomic mass is 9.75. The fraction of sp³-hybridized carbons (Fsp3) is 0.889. The zero-order valence-corrected chi connectivity index (χ0v) is 8.16. The van der Waals surface area contributed by atoms with E-state index < -0.39 is 0 Å². The number of methoxy groups -OCH3 is 1. The summed E-state index contributed by atoms with van der Waals surface area (Å²) in [6.45, 7) is 3.42. The molecule has 72 valence electrons. The van der Waals surface area contributed by atoms with Gasteiger partial charge < -0.3 is 13.9 Å². The molecule has 0 aromatic carbocycles. The van der Waals surface area contributed by atoms with Gasteiger partial charge in [-0.15, -0.1) is 0 Å². The van der Waals surface area contributed by atoms with Crippen molar-refractivity contribution in [2.75, 3.05) is 26.7 Å². The lowest BCUT2D eigenvalue weighted by Gasteiger charge is -2.58. The van der Waals surface area contributed by atoms with Crippen LogP contribution in [0.25, 0.3) is 0 Å². The minimum atomic E-state index is -0.166. The fourth-order valence-corrected chi connectivity index (χ4v) is 2.56. The Labute approximate surface area is 79.9 Å². The number of quaternary nitrogens is 1. The molecule has 0 N–H and O–H groups in total. The Morgan fingerprint density at radius 2 is 1.85 bits per heavy atom. The molecule has 0 aromatic heterocycles. The monoisotopic (exact) mass is 181 g/mol. The average molecular weight is 181 g/mol. The first-order valence-corrected chi connectivity index (χ1v) is 5.04. The van der Waals surface area contributed by atoms with Crippen LogP contribution in [0.1, 0.15) is 19.3 Å². The molecular weight excluding hydrogens is 165 g/mol. The maximum atomic E-state index is 11.2. The Balaban J connectivity index is 1.98. The molecule has 3 rings (SSSR count). The molecule has 4 heteroatoms. The summed E-state index contributed by atoms with van der Waals surface area (Å²) in [4.78, 5) is 11.2. The zero-order valence-electron chi connectivity index (χ0n) is 8.16. The van der Waals surface area contributed by atoms with Crippen LogP contribution < -0.4 is 0 Å². The molecular formula is C9H16BNO2. The first-order valence-electron chi connectivity index (χ1n) is 5.04. The second-order valence-electron chi connectivity index (χ2n) is 4.27. The van der Waals surface area contributed by atoms with Gasteiger partial charge in [0, 0.05) is 19.6 Å². The van der Waals surface area contributed by atoms with Crippen LogP contribution in [-0.2, 0) is 4.74 Å². The molecule has 3 nitrogen and oxygen atoms in total. The second-order valence-corrected chi connectivity index (χ2v) is 4.27. The van der Waals surface area contributed by atoms with E-state index >= 15 is 0 Å². The molecule has 0 atom stereocenters. The van der Waals surface area contributed by atoms with Crippen LogP contribution in [-0.4, -0.2) is 44.4 Å². The maximum absolute atomic E-state index is 11.2. The van der Waals surface area contributed by atoms with Gasteiger partial charge >= 0.3 is 0 Å². The van der Waals surface area contributed by atoms with E-state index in [0.29, 0.717) is 0 Å². The second kappa shape index (κ2) is 3.33. The molecule has 0 unspecified atom stereocenters. The summed E-state index contributed by atoms with van der Waals surface area (Å²) in [7, 11) is 3.23. The lowest BCUT2D eigenvalue weighted by molar-refractivity contribution is -0.839. The molecule has 0 spiro atoms. The van der Waals surface area contributed by atoms with Gasteiger partial charge in [-0.3, -0.25) is 0 Å². The maximum Gasteiger partial charge on any atom is 0.133 e. The van der Waals surface area contributed by atoms with Crippen molar-refractivity contribution in [2.24, 2.45) is 5.92 Å². The number of carbonyl (C=O) groups is 1. The van der Waals surface area contributed by atoms with Crippen LogP contribution >= 0.6 is 0 Å². The predicted molar refractivity (Wildman–Crippen MR) is 50.4 cm³/mol. The summed E-state index contributed by atoms with van der Waals surface area (Å²) in [6.07, 6.45) is 3.86. The number of hydrogen-bond donors (Lipinski definition) is 0. The van der Waals surface area contributed by atoms with Crippen LogP contribution in [0.15, 0.2) is 0 Å². The van der Waals surface area contributed by atoms with E-state index in [1.807, 2.05) is 0 Å². The Morgan fingerprint density at radius 1 is 1.31 bits per heavy atom. The fourth-order valence-electron chi connectivity index (χ4n) is 2.56. The summed E-state index contributed by atoms with van der Waals surface area (Å²) < 4.78 is 5.57. The molecule has 0 aromatic rings. The molecule has 3 fully saturated rings. The molecule has 3 aliphatic rings. The van der Waals surface area contributed by atoms with Crippen LogP contribution in [0, 0.1) is 5.92 Å². The number of ether oxygens (including phenoxy) is 1. The van der Waals surface area contributed by atoms with Gasteiger partial charge in [0.05, 0.1) is 7.11 Å². The van der Waals surface area contributed by atoms with Crippen molar-refractivity contribution in [1.29, 1.82) is 0 Å². The highest BCUT2D eigenvalue weighted by molar-refractivity contribution is 6.66. The van der Waals surface area contributed by atoms with Gasteiger partial charge in [-0.05, 0) is 25.2 Å². The first-order chi connectivity index (χ1) is 6.24. The van der Waals surface area contributed by atoms with Gasteiger partial charge in [-0.25, -0.2) is 0 Å². The van der Waals surface area contributed by atoms with E-state index in [0.717, 1.165) is 29.9 Å². The third-order valence-corrected chi connectivity index (χ3v) is 3.53. The van der Waals surface area contributed by atoms with E-state index in [1.54, 1.807) is 7.41 Å². The number of carbonyl (C=O) groups excluding carboxylic acids is 1. The Kier molecular flexibility index (Phi) is 2.32. The van der Waals surface area contributed by atoms with E-state index in [9.17, 15) is 4.79 Å². The molecule has 2 bridgehead atoms. The quantitative estimate of drug-likeness (QED) is 0.594. The first kappa shape index (κ1) is 9.07. The van der Waals surface area contributed by atoms with E-state index in [-0.39, 0.29) is 5.87 Å². The molecule has 0 saturated carbocycles. The third kappa shape index (κ3) is 1.73. The number of piperidine rings is 3. The van der Waals surface area contributed by atoms with Gasteiger partial charge in [-0.1, -0.05) is 0 Å². The van der Waals surface area contributed by atoms with Crippen LogP contribution in [0.4, 0.5) is 4.79 Å². The molecule has 2 radical (unpaired) electrons. The highest BCUT2D eigenvalue weighted by Crippen LogP contribution is 2.32. The van der Waals surface area contributed by atoms with Crippen LogP contribution in [0.3, 0.4) is 0 Å². The summed E-state index contributed by atoms with van der Waals surface area (Å²) in [5, 5.41) is 0. The minimum absolute atomic E-state index is 0.166. The molecule has 0 amide bonds. The van der Waals surface area contributed by atoms with Gasteiger partial charge in [0.25, 0.3) is 0 Å². The van der Waals surface area contributed by atoms with Crippen LogP contribution in [0.2, 0.25) is 0 Å². The zero-order chi connectivity index (χ0) is 9.31. The molecule has 3 aliphatic heterocycles. The Morgan fingerprint density at radius 3 is 2.31 bits per heavy atom. The highest BCUT2D eigenvalue weighted by Gasteiger charge is 2.33. The van der Waals surface area contributed by atoms with Gasteiger partial charge in [-0.2, -0.15) is 0 Å². The summed E-state index contributed by atoms with van der Waals surface area (Å²) in [6, 6.07) is 0. The minimum Gasteiger partial charge on any atom is -0.551 e. The predicted octanol–water partition coefficient (Wildman–Crippen LogP) is 1.00. The number of nitrogens with zero attached hydrogens (tertiary/aromatic N) is 1. The van der Waals surface area contributed by atoms with Crippen molar-refractivity contribution >= 4 is 13.3 Å². The van der Waals surface area contributed by atoms with Crippen molar-refractivity contribution in [3.05, 3.63) is 0 Å². The normalized spacial score (nSPS) is 37.5. The summed E-state index contributed by atoms with van der Waals surface area (Å²) in [5.74, 6) is 0.770. The molecule has 3 saturated heterocycles. The van der Waals surface area contributed by atoms with Crippen LogP contribution in [0.5, 0.6) is 0 Å². The smallest absolute Gasteiger partial charge is 0.133 e. The molecule has 0 aliphatic carbocycles. The van der Waals surface area contributed by atoms with E-state index in [2.05, 4.69) is 4.74 Å². The van der Waals surface area contributed by atoms with Gasteiger partial charge in [0.2, 0.25) is 0 Å². The van der Waals surface area contributed by atoms with Gasteiger partial charge in [0.1, 0.15) is 13.3 Å². The summed E-state index contributed by atoms with van der Waals surface area (Å²) in [5.41, 5.74) is 0. The van der Waals surface area contributed by atoms with Crippen molar-refractivity contribution < 1.29 is 13.9 Å². The third-order valence-electron chi connectivity index (χ3n) is 3.53. The molecule has 3 heterocycles. The number of rotatable bonds is 2. The largest absolute Gasteiger partial charge is 0.551 e. The number of hydrogen-bond acceptors (Lipinski definition) is 2. The Bertz CT molecular complexity index is 198. The lowest BCUT2D eigenvalue weighted by Crippen LogP contribution is -2.62. The SMILES string of the molecule is COC(=O)[B-][N+]12CCC(CC1)CC2. The van der Waals surface area contributed by atoms with E-state index in [1.165, 1.54) is 26.4 Å². The van der Waals surface area contributed by atoms with Crippen molar-refractivity contribution in [3.8, 4) is 0 Å². The van der Waals surface area contributed by atoms with Crippen molar-refractivity contribution in [1.82, 2.24) is 0 Å². The van der Waals surface area contributed by atoms with Crippen molar-refractivity contribution in [2.45, 2.75) is 19.3 Å². The Hall–Kier alpha value is -0.505. The topological polar surface area (TPSA) is 26.3 Å². The average Bonchev–Trinajstić information content (AvgIpc) is 2.20. The standard InChI is InChI=1S/C9H16BNO2/c1-13-9(12)10-11-5-2-8(3-6-11)4-7-11/h8H,2-7H2,1H3. The van der Waals surface area contributed by atoms with E-state index in [4.69, 9.17) is 0 Å². The molecule has 13 heavy (non-hydrogen) atoms. The summed E-state index contributed by atoms with van der Waals surface area (Å²) >= 11 is 0. The highest BCUT2D eigenvalue weighted by atomic mass is 16.5. The van der Waals surface area contributed by atoms with Crippen molar-refractivity contribution in [3.63, 3.8) is 0 Å². The van der Waals surface area contributed by atoms with Gasteiger partial charge in [0.15, 0.2) is 0 Å². The number of fused-ring (bicyclic) bond motifs is 3.